The molecule has 1 aromatic rings. The lowest BCUT2D eigenvalue weighted by atomic mass is 10.1. The van der Waals surface area contributed by atoms with Crippen LogP contribution < -0.4 is 10.6 Å². The number of amides is 1. The molecule has 1 aliphatic heterocycles. The fourth-order valence-electron chi connectivity index (χ4n) is 1.98. The Bertz CT molecular complexity index is 562. The molecule has 4 nitrogen and oxygen atoms in total. The third-order valence-corrected chi connectivity index (χ3v) is 2.98. The summed E-state index contributed by atoms with van der Waals surface area (Å²) in [6.07, 6.45) is -4.10. The minimum atomic E-state index is -4.52. The first-order chi connectivity index (χ1) is 8.84. The van der Waals surface area contributed by atoms with Gasteiger partial charge < -0.3 is 10.6 Å². The highest BCUT2D eigenvalue weighted by atomic mass is 19.4. The van der Waals surface area contributed by atoms with E-state index in [1.807, 2.05) is 0 Å². The summed E-state index contributed by atoms with van der Waals surface area (Å²) in [7, 11) is 0. The van der Waals surface area contributed by atoms with Crippen LogP contribution in [0.15, 0.2) is 18.2 Å². The van der Waals surface area contributed by atoms with Crippen LogP contribution >= 0.6 is 0 Å². The van der Waals surface area contributed by atoms with Gasteiger partial charge in [0.2, 0.25) is 5.91 Å². The van der Waals surface area contributed by atoms with Crippen LogP contribution in [0.1, 0.15) is 17.5 Å². The molecule has 0 bridgehead atoms. The lowest BCUT2D eigenvalue weighted by Crippen LogP contribution is -2.34. The Hall–Kier alpha value is -2.07. The number of nitrogens with two attached hydrogens (primary N) is 1. The van der Waals surface area contributed by atoms with E-state index in [2.05, 4.69) is 0 Å². The Kier molecular flexibility index (Phi) is 3.20. The molecule has 1 saturated heterocycles. The van der Waals surface area contributed by atoms with Crippen molar-refractivity contribution in [3.05, 3.63) is 29.3 Å². The average molecular weight is 269 g/mol. The Morgan fingerprint density at radius 1 is 1.42 bits per heavy atom. The molecule has 0 radical (unpaired) electrons. The fraction of sp³-hybridized carbons (Fsp3) is 0.333. The number of nitrogens with zero attached hydrogens (tertiary/aromatic N) is 2. The number of rotatable bonds is 1. The third-order valence-electron chi connectivity index (χ3n) is 2.98. The number of halogens is 3. The van der Waals surface area contributed by atoms with Gasteiger partial charge in [-0.05, 0) is 24.6 Å². The highest BCUT2D eigenvalue weighted by Gasteiger charge is 2.34. The van der Waals surface area contributed by atoms with Gasteiger partial charge in [-0.3, -0.25) is 4.79 Å². The molecule has 1 aliphatic rings. The lowest BCUT2D eigenvalue weighted by Gasteiger charge is -2.18. The maximum absolute atomic E-state index is 12.5. The molecule has 2 rings (SSSR count). The van der Waals surface area contributed by atoms with Crippen molar-refractivity contribution >= 4 is 11.6 Å². The summed E-state index contributed by atoms with van der Waals surface area (Å²) in [5.74, 6) is -0.378. The van der Waals surface area contributed by atoms with Crippen LogP contribution in [0.2, 0.25) is 0 Å². The average Bonchev–Trinajstić information content (AvgIpc) is 2.68. The summed E-state index contributed by atoms with van der Waals surface area (Å²) in [5.41, 5.74) is 4.62. The van der Waals surface area contributed by atoms with Gasteiger partial charge in [0.15, 0.2) is 0 Å². The zero-order valence-electron chi connectivity index (χ0n) is 9.74. The maximum Gasteiger partial charge on any atom is 0.416 e. The van der Waals surface area contributed by atoms with Crippen LogP contribution in [0.25, 0.3) is 0 Å². The van der Waals surface area contributed by atoms with E-state index in [1.54, 1.807) is 6.07 Å². The molecular formula is C12H10F3N3O. The van der Waals surface area contributed by atoms with Crippen molar-refractivity contribution in [2.24, 2.45) is 5.73 Å². The number of anilines is 1. The van der Waals surface area contributed by atoms with Crippen LogP contribution in [0.4, 0.5) is 18.9 Å². The molecular weight excluding hydrogens is 259 g/mol. The van der Waals surface area contributed by atoms with E-state index in [0.717, 1.165) is 18.2 Å². The van der Waals surface area contributed by atoms with E-state index < -0.39 is 17.8 Å². The van der Waals surface area contributed by atoms with Crippen molar-refractivity contribution < 1.29 is 18.0 Å². The second kappa shape index (κ2) is 4.55. The Morgan fingerprint density at radius 3 is 2.58 bits per heavy atom. The van der Waals surface area contributed by atoms with E-state index in [4.69, 9.17) is 11.0 Å². The Labute approximate surface area is 107 Å². The van der Waals surface area contributed by atoms with Gasteiger partial charge in [0, 0.05) is 6.54 Å². The number of benzene rings is 1. The monoisotopic (exact) mass is 269 g/mol. The van der Waals surface area contributed by atoms with Crippen molar-refractivity contribution in [3.8, 4) is 6.07 Å². The van der Waals surface area contributed by atoms with Crippen LogP contribution in [0.5, 0.6) is 0 Å². The van der Waals surface area contributed by atoms with E-state index in [1.165, 1.54) is 4.90 Å². The van der Waals surface area contributed by atoms with E-state index >= 15 is 0 Å². The number of alkyl halides is 3. The topological polar surface area (TPSA) is 70.1 Å². The Morgan fingerprint density at radius 2 is 2.11 bits per heavy atom. The molecule has 7 heteroatoms. The highest BCUT2D eigenvalue weighted by Crippen LogP contribution is 2.33. The predicted octanol–water partition coefficient (Wildman–Crippen LogP) is 1.64. The number of carbonyl (C=O) groups excluding carboxylic acids is 1. The van der Waals surface area contributed by atoms with Gasteiger partial charge in [-0.25, -0.2) is 0 Å². The van der Waals surface area contributed by atoms with Crippen molar-refractivity contribution in [2.45, 2.75) is 18.6 Å². The molecule has 0 spiro atoms. The van der Waals surface area contributed by atoms with Gasteiger partial charge in [-0.15, -0.1) is 0 Å². The molecule has 0 aliphatic carbocycles. The SMILES string of the molecule is N#Cc1cc(C(F)(F)F)ccc1N1CCC(N)C1=O. The molecule has 1 aromatic carbocycles. The quantitative estimate of drug-likeness (QED) is 0.842. The number of hydrogen-bond donors (Lipinski definition) is 1. The van der Waals surface area contributed by atoms with Gasteiger partial charge in [0.1, 0.15) is 6.07 Å². The van der Waals surface area contributed by atoms with Crippen LogP contribution in [-0.2, 0) is 11.0 Å². The second-order valence-corrected chi connectivity index (χ2v) is 4.23. The standard InChI is InChI=1S/C12H10F3N3O/c13-12(14,15)8-1-2-10(7(5-8)6-16)18-4-3-9(17)11(18)19/h1-2,5,9H,3-4,17H2. The van der Waals surface area contributed by atoms with Crippen LogP contribution in [0.3, 0.4) is 0 Å². The normalized spacial score (nSPS) is 19.6. The van der Waals surface area contributed by atoms with Gasteiger partial charge >= 0.3 is 6.18 Å². The minimum Gasteiger partial charge on any atom is -0.320 e. The molecule has 1 amide bonds. The zero-order valence-corrected chi connectivity index (χ0v) is 9.74. The summed E-state index contributed by atoms with van der Waals surface area (Å²) in [4.78, 5) is 13.0. The first-order valence-corrected chi connectivity index (χ1v) is 5.53. The predicted molar refractivity (Wildman–Crippen MR) is 61.1 cm³/mol. The first-order valence-electron chi connectivity index (χ1n) is 5.53. The summed E-state index contributed by atoms with van der Waals surface area (Å²) in [5, 5.41) is 8.93. The molecule has 1 fully saturated rings. The van der Waals surface area contributed by atoms with Gasteiger partial charge in [-0.1, -0.05) is 0 Å². The lowest BCUT2D eigenvalue weighted by molar-refractivity contribution is -0.137. The van der Waals surface area contributed by atoms with Crippen molar-refractivity contribution in [1.82, 2.24) is 0 Å². The smallest absolute Gasteiger partial charge is 0.320 e. The molecule has 1 heterocycles. The molecule has 100 valence electrons. The van der Waals surface area contributed by atoms with E-state index in [-0.39, 0.29) is 17.2 Å². The van der Waals surface area contributed by atoms with Crippen molar-refractivity contribution in [2.75, 3.05) is 11.4 Å². The molecule has 0 aromatic heterocycles. The maximum atomic E-state index is 12.5. The molecule has 2 N–H and O–H groups in total. The summed E-state index contributed by atoms with van der Waals surface area (Å²) in [6, 6.07) is 3.76. The molecule has 0 saturated carbocycles. The van der Waals surface area contributed by atoms with Gasteiger partial charge in [0.05, 0.1) is 22.9 Å². The number of nitriles is 1. The first kappa shape index (κ1) is 13.4. The second-order valence-electron chi connectivity index (χ2n) is 4.23. The summed E-state index contributed by atoms with van der Waals surface area (Å²) >= 11 is 0. The minimum absolute atomic E-state index is 0.174. The summed E-state index contributed by atoms with van der Waals surface area (Å²) in [6.45, 7) is 0.306. The van der Waals surface area contributed by atoms with E-state index in [0.29, 0.717) is 13.0 Å². The van der Waals surface area contributed by atoms with Gasteiger partial charge in [0.25, 0.3) is 0 Å². The largest absolute Gasteiger partial charge is 0.416 e. The molecule has 1 unspecified atom stereocenters. The summed E-state index contributed by atoms with van der Waals surface area (Å²) < 4.78 is 37.6. The molecule has 1 atom stereocenters. The van der Waals surface area contributed by atoms with E-state index in [9.17, 15) is 18.0 Å². The number of hydrogen-bond acceptors (Lipinski definition) is 3. The van der Waals surface area contributed by atoms with Gasteiger partial charge in [-0.2, -0.15) is 18.4 Å². The van der Waals surface area contributed by atoms with Crippen molar-refractivity contribution in [1.29, 1.82) is 5.26 Å². The van der Waals surface area contributed by atoms with Crippen LogP contribution in [0, 0.1) is 11.3 Å². The highest BCUT2D eigenvalue weighted by molar-refractivity contribution is 6.00. The van der Waals surface area contributed by atoms with Crippen molar-refractivity contribution in [3.63, 3.8) is 0 Å². The fourth-order valence-corrected chi connectivity index (χ4v) is 1.98. The third kappa shape index (κ3) is 2.39. The number of carbonyl (C=O) groups is 1. The Balaban J connectivity index is 2.43. The molecule has 19 heavy (non-hydrogen) atoms. The van der Waals surface area contributed by atoms with Crippen LogP contribution in [-0.4, -0.2) is 18.5 Å². The zero-order chi connectivity index (χ0) is 14.2.